The average molecular weight is 399 g/mol. The molecule has 1 heterocycles. The number of rotatable bonds is 1. The normalized spacial score (nSPS) is 20.1. The van der Waals surface area contributed by atoms with Crippen LogP contribution in [0.25, 0.3) is 5.73 Å². The largest absolute Gasteiger partial charge is 0 e. The summed E-state index contributed by atoms with van der Waals surface area (Å²) in [6.45, 7) is 4.23. The van der Waals surface area contributed by atoms with Crippen molar-refractivity contribution in [1.29, 1.82) is 0 Å². The van der Waals surface area contributed by atoms with Gasteiger partial charge in [0.1, 0.15) is 0 Å². The van der Waals surface area contributed by atoms with Crippen molar-refractivity contribution in [2.24, 2.45) is 0 Å². The molecule has 1 rings (SSSR count). The van der Waals surface area contributed by atoms with Gasteiger partial charge >= 0.3 is 72.0 Å². The van der Waals surface area contributed by atoms with Gasteiger partial charge in [0, 0.05) is 32.7 Å². The Balaban J connectivity index is 0.000001000. The van der Waals surface area contributed by atoms with Crippen molar-refractivity contribution in [3.63, 3.8) is 0 Å². The molecule has 0 unspecified atom stereocenters. The first kappa shape index (κ1) is 12.5. The first-order valence-electron chi connectivity index (χ1n) is 3.52. The number of nitrogens with zero attached hydrogens (tertiary/aromatic N) is 1. The smallest absolute Gasteiger partial charge is 0 e. The van der Waals surface area contributed by atoms with Gasteiger partial charge in [0.2, 0.25) is 0 Å². The van der Waals surface area contributed by atoms with Crippen molar-refractivity contribution in [2.45, 2.75) is 6.42 Å². The fraction of sp³-hybridized carbons (Fsp3) is 0.833. The van der Waals surface area contributed by atoms with E-state index in [4.69, 9.17) is 5.73 Å². The second-order valence-electron chi connectivity index (χ2n) is 2.40. The Morgan fingerprint density at radius 3 is 2.73 bits per heavy atom. The minimum absolute atomic E-state index is 0. The molecule has 0 bridgehead atoms. The van der Waals surface area contributed by atoms with E-state index < -0.39 is 0 Å². The van der Waals surface area contributed by atoms with Crippen molar-refractivity contribution in [2.75, 3.05) is 26.2 Å². The quantitative estimate of drug-likeness (QED) is 0.673. The fourth-order valence-corrected chi connectivity index (χ4v) is 1.70. The van der Waals surface area contributed by atoms with Crippen molar-refractivity contribution >= 4 is 4.15 Å². The first-order chi connectivity index (χ1) is 4.80. The van der Waals surface area contributed by atoms with E-state index >= 15 is 0 Å². The maximum absolute atomic E-state index is 7.42. The molecule has 1 fully saturated rings. The molecule has 0 aromatic heterocycles. The minimum Gasteiger partial charge on any atom is 0 e. The second-order valence-corrected chi connectivity index (χ2v) is 3.79. The summed E-state index contributed by atoms with van der Waals surface area (Å²) in [6, 6.07) is 0. The summed E-state index contributed by atoms with van der Waals surface area (Å²) in [4.78, 5) is 2.15. The van der Waals surface area contributed by atoms with Crippen LogP contribution in [0.4, 0.5) is 0 Å². The van der Waals surface area contributed by atoms with E-state index in [0.29, 0.717) is 0 Å². The summed E-state index contributed by atoms with van der Waals surface area (Å²) in [6.07, 6.45) is 1.18. The van der Waals surface area contributed by atoms with Gasteiger partial charge in [0.25, 0.3) is 0 Å². The summed E-state index contributed by atoms with van der Waals surface area (Å²) in [5.41, 5.74) is 7.42. The molecule has 61 valence electrons. The number of nitrogens with one attached hydrogen (secondary N) is 2. The van der Waals surface area contributed by atoms with Crippen LogP contribution in [0.3, 0.4) is 0 Å². The molecule has 2 N–H and O–H groups in total. The standard InChI is InChI=1S/C6H12N3.W.Y/c7-6-9-4-1-2-8-3-5-9;;/h7-8H,1-5H2;;/q-1;;. The topological polar surface area (TPSA) is 39.1 Å². The third-order valence-corrected chi connectivity index (χ3v) is 2.55. The molecular formula is C6H12N3WY-. The van der Waals surface area contributed by atoms with Crippen LogP contribution in [0.5, 0.6) is 0 Å². The Kier molecular flexibility index (Phi) is 7.98. The Bertz CT molecular complexity index is 123. The molecule has 0 aromatic carbocycles. The van der Waals surface area contributed by atoms with Gasteiger partial charge in [0.05, 0.1) is 0 Å². The van der Waals surface area contributed by atoms with Crippen LogP contribution in [0.15, 0.2) is 0 Å². The predicted molar refractivity (Wildman–Crippen MR) is 38.4 cm³/mol. The first-order valence-corrected chi connectivity index (χ1v) is 4.98. The summed E-state index contributed by atoms with van der Waals surface area (Å²) < 4.78 is 0.781. The van der Waals surface area contributed by atoms with Gasteiger partial charge in [-0.2, -0.15) is 0 Å². The average Bonchev–Trinajstić information content (AvgIpc) is 2.12. The molecule has 0 saturated carbocycles. The molecule has 0 atom stereocenters. The Morgan fingerprint density at radius 1 is 1.36 bits per heavy atom. The zero-order valence-corrected chi connectivity index (χ0v) is 12.2. The molecule has 0 spiro atoms. The molecular weight excluding hydrogens is 387 g/mol. The maximum Gasteiger partial charge on any atom is 0 e. The molecule has 5 heteroatoms. The van der Waals surface area contributed by atoms with Crippen molar-refractivity contribution < 1.29 is 52.1 Å². The maximum atomic E-state index is 7.42. The molecule has 1 saturated heterocycles. The molecule has 3 nitrogen and oxygen atoms in total. The fourth-order valence-electron chi connectivity index (χ4n) is 1.05. The van der Waals surface area contributed by atoms with Crippen LogP contribution < -0.4 is 5.32 Å². The van der Waals surface area contributed by atoms with Gasteiger partial charge in [-0.15, -0.1) is 0 Å². The molecule has 0 aromatic rings. The van der Waals surface area contributed by atoms with Crippen LogP contribution in [0.2, 0.25) is 0 Å². The summed E-state index contributed by atoms with van der Waals surface area (Å²) in [5.74, 6) is 0. The van der Waals surface area contributed by atoms with Crippen LogP contribution in [0, 0.1) is 0 Å². The monoisotopic (exact) mass is 399 g/mol. The molecule has 11 heavy (non-hydrogen) atoms. The molecule has 1 aliphatic heterocycles. The van der Waals surface area contributed by atoms with Crippen LogP contribution in [-0.4, -0.2) is 35.2 Å². The molecule has 1 aliphatic rings. The van der Waals surface area contributed by atoms with Crippen LogP contribution in [-0.2, 0) is 52.1 Å². The summed E-state index contributed by atoms with van der Waals surface area (Å²) in [5, 5.41) is 3.30. The van der Waals surface area contributed by atoms with Crippen molar-refractivity contribution in [3.8, 4) is 0 Å². The zero-order chi connectivity index (χ0) is 7.40. The Morgan fingerprint density at radius 2 is 2.09 bits per heavy atom. The SMILES string of the molecule is [NH-][C](=[W])N1CCCNCC1.[Y]. The van der Waals surface area contributed by atoms with E-state index in [-0.39, 0.29) is 32.7 Å². The van der Waals surface area contributed by atoms with Gasteiger partial charge in [-0.25, -0.2) is 0 Å². The van der Waals surface area contributed by atoms with Gasteiger partial charge < -0.3 is 0 Å². The van der Waals surface area contributed by atoms with E-state index in [0.717, 1.165) is 30.3 Å². The van der Waals surface area contributed by atoms with Gasteiger partial charge in [-0.1, -0.05) is 0 Å². The Labute approximate surface area is 104 Å². The van der Waals surface area contributed by atoms with Crippen molar-refractivity contribution in [3.05, 3.63) is 5.73 Å². The predicted octanol–water partition coefficient (Wildman–Crippen LogP) is -0.0344. The van der Waals surface area contributed by atoms with Gasteiger partial charge in [-0.05, 0) is 0 Å². The molecule has 1 radical (unpaired) electrons. The van der Waals surface area contributed by atoms with Crippen molar-refractivity contribution in [1.82, 2.24) is 10.2 Å². The van der Waals surface area contributed by atoms with E-state index in [2.05, 4.69) is 10.2 Å². The number of hydrogen-bond donors (Lipinski definition) is 1. The summed E-state index contributed by atoms with van der Waals surface area (Å²) in [7, 11) is 0. The van der Waals surface area contributed by atoms with E-state index in [9.17, 15) is 0 Å². The molecule has 0 aliphatic carbocycles. The van der Waals surface area contributed by atoms with Crippen LogP contribution in [0.1, 0.15) is 6.42 Å². The van der Waals surface area contributed by atoms with Gasteiger partial charge in [0.15, 0.2) is 0 Å². The third-order valence-electron chi connectivity index (χ3n) is 1.63. The minimum atomic E-state index is 0. The number of hydrogen-bond acceptors (Lipinski definition) is 2. The third kappa shape index (κ3) is 4.97. The second kappa shape index (κ2) is 6.99. The van der Waals surface area contributed by atoms with Gasteiger partial charge in [-0.3, -0.25) is 0 Å². The summed E-state index contributed by atoms with van der Waals surface area (Å²) >= 11 is 1.27. The van der Waals surface area contributed by atoms with E-state index in [1.165, 1.54) is 25.8 Å². The van der Waals surface area contributed by atoms with E-state index in [1.54, 1.807) is 0 Å². The van der Waals surface area contributed by atoms with E-state index in [1.807, 2.05) is 0 Å². The zero-order valence-electron chi connectivity index (χ0n) is 6.47. The van der Waals surface area contributed by atoms with Crippen LogP contribution >= 0.6 is 0 Å². The molecule has 0 amide bonds. The Hall–Kier alpha value is 1.54.